The van der Waals surface area contributed by atoms with E-state index in [4.69, 9.17) is 4.42 Å². The highest BCUT2D eigenvalue weighted by Gasteiger charge is 2.26. The molecule has 0 fully saturated rings. The molecule has 8 heteroatoms. The molecule has 0 saturated carbocycles. The molecule has 0 bridgehead atoms. The summed E-state index contributed by atoms with van der Waals surface area (Å²) in [5.74, 6) is 0.504. The van der Waals surface area contributed by atoms with E-state index in [-0.39, 0.29) is 12.5 Å². The first-order valence-corrected chi connectivity index (χ1v) is 9.35. The molecule has 0 aliphatic rings. The number of anilines is 1. The standard InChI is InChI=1S/C17H23N3O4S/c1-19(2)25(22,23)20(15-8-4-3-5-9-15)14-17(21)18-12-6-10-16-11-7-13-24-16/h3-5,7-9,11,13H,6,10,12,14H2,1-2H3,(H,18,21). The second-order valence-corrected chi connectivity index (χ2v) is 7.73. The first-order chi connectivity index (χ1) is 11.9. The van der Waals surface area contributed by atoms with Gasteiger partial charge in [-0.05, 0) is 30.7 Å². The Hall–Kier alpha value is -2.32. The van der Waals surface area contributed by atoms with Crippen LogP contribution in [0.5, 0.6) is 0 Å². The van der Waals surface area contributed by atoms with Gasteiger partial charge in [-0.25, -0.2) is 4.31 Å². The highest BCUT2D eigenvalue weighted by atomic mass is 32.2. The summed E-state index contributed by atoms with van der Waals surface area (Å²) in [4.78, 5) is 12.2. The summed E-state index contributed by atoms with van der Waals surface area (Å²) in [6, 6.07) is 12.3. The van der Waals surface area contributed by atoms with Crippen molar-refractivity contribution >= 4 is 21.8 Å². The van der Waals surface area contributed by atoms with Crippen molar-refractivity contribution in [2.24, 2.45) is 0 Å². The highest BCUT2D eigenvalue weighted by molar-refractivity contribution is 7.90. The number of benzene rings is 1. The van der Waals surface area contributed by atoms with Gasteiger partial charge in [0.05, 0.1) is 12.0 Å². The van der Waals surface area contributed by atoms with Crippen molar-refractivity contribution in [2.45, 2.75) is 12.8 Å². The minimum atomic E-state index is -3.76. The van der Waals surface area contributed by atoms with Gasteiger partial charge >= 0.3 is 10.2 Å². The van der Waals surface area contributed by atoms with Crippen LogP contribution in [0.1, 0.15) is 12.2 Å². The highest BCUT2D eigenvalue weighted by Crippen LogP contribution is 2.18. The van der Waals surface area contributed by atoms with E-state index in [2.05, 4.69) is 5.32 Å². The fourth-order valence-electron chi connectivity index (χ4n) is 2.23. The van der Waals surface area contributed by atoms with Gasteiger partial charge in [-0.15, -0.1) is 0 Å². The van der Waals surface area contributed by atoms with E-state index < -0.39 is 10.2 Å². The Kier molecular flexibility index (Phi) is 6.60. The quantitative estimate of drug-likeness (QED) is 0.685. The minimum absolute atomic E-state index is 0.273. The molecule has 1 N–H and O–H groups in total. The van der Waals surface area contributed by atoms with Crippen molar-refractivity contribution in [3.05, 3.63) is 54.5 Å². The Morgan fingerprint density at radius 2 is 1.84 bits per heavy atom. The van der Waals surface area contributed by atoms with Crippen LogP contribution in [0.25, 0.3) is 0 Å². The van der Waals surface area contributed by atoms with Crippen LogP contribution in [0.15, 0.2) is 53.1 Å². The molecule has 0 spiro atoms. The number of carbonyl (C=O) groups is 1. The Labute approximate surface area is 148 Å². The average molecular weight is 365 g/mol. The van der Waals surface area contributed by atoms with Gasteiger partial charge in [-0.1, -0.05) is 18.2 Å². The maximum absolute atomic E-state index is 12.5. The molecule has 7 nitrogen and oxygen atoms in total. The van der Waals surface area contributed by atoms with E-state index in [0.29, 0.717) is 25.1 Å². The van der Waals surface area contributed by atoms with E-state index in [1.165, 1.54) is 14.1 Å². The summed E-state index contributed by atoms with van der Waals surface area (Å²) in [5, 5.41) is 2.75. The van der Waals surface area contributed by atoms with Crippen LogP contribution in [-0.4, -0.2) is 45.8 Å². The normalized spacial score (nSPS) is 11.5. The number of carbonyl (C=O) groups excluding carboxylic acids is 1. The lowest BCUT2D eigenvalue weighted by atomic mass is 10.2. The molecule has 0 aliphatic heterocycles. The van der Waals surface area contributed by atoms with Crippen LogP contribution >= 0.6 is 0 Å². The number of furan rings is 1. The fourth-order valence-corrected chi connectivity index (χ4v) is 3.29. The molecule has 1 heterocycles. The Morgan fingerprint density at radius 3 is 2.44 bits per heavy atom. The van der Waals surface area contributed by atoms with Gasteiger partial charge in [-0.3, -0.25) is 4.79 Å². The van der Waals surface area contributed by atoms with E-state index in [0.717, 1.165) is 14.4 Å². The molecule has 1 aromatic carbocycles. The molecule has 0 aliphatic carbocycles. The fraction of sp³-hybridized carbons (Fsp3) is 0.353. The maximum atomic E-state index is 12.5. The van der Waals surface area contributed by atoms with Gasteiger partial charge in [0.15, 0.2) is 0 Å². The summed E-state index contributed by atoms with van der Waals surface area (Å²) >= 11 is 0. The number of aryl methyl sites for hydroxylation is 1. The number of hydrogen-bond acceptors (Lipinski definition) is 4. The number of nitrogens with zero attached hydrogens (tertiary/aromatic N) is 2. The summed E-state index contributed by atoms with van der Waals surface area (Å²) in [7, 11) is -0.888. The second-order valence-electron chi connectivity index (χ2n) is 5.67. The number of para-hydroxylation sites is 1. The molecule has 0 radical (unpaired) electrons. The van der Waals surface area contributed by atoms with Crippen LogP contribution in [0, 0.1) is 0 Å². The van der Waals surface area contributed by atoms with Crippen molar-refractivity contribution in [3.8, 4) is 0 Å². The lowest BCUT2D eigenvalue weighted by Gasteiger charge is -2.26. The summed E-state index contributed by atoms with van der Waals surface area (Å²) in [6.07, 6.45) is 3.04. The zero-order chi connectivity index (χ0) is 18.3. The third-order valence-electron chi connectivity index (χ3n) is 3.57. The predicted octanol–water partition coefficient (Wildman–Crippen LogP) is 1.64. The zero-order valence-electron chi connectivity index (χ0n) is 14.4. The maximum Gasteiger partial charge on any atom is 0.304 e. The Morgan fingerprint density at radius 1 is 1.12 bits per heavy atom. The molecule has 1 amide bonds. The first-order valence-electron chi connectivity index (χ1n) is 7.95. The van der Waals surface area contributed by atoms with Gasteiger partial charge in [0.2, 0.25) is 5.91 Å². The third kappa shape index (κ3) is 5.33. The molecule has 1 aromatic heterocycles. The Bertz CT molecular complexity index is 758. The predicted molar refractivity (Wildman–Crippen MR) is 96.4 cm³/mol. The van der Waals surface area contributed by atoms with Crippen molar-refractivity contribution in [1.82, 2.24) is 9.62 Å². The second kappa shape index (κ2) is 8.68. The first kappa shape index (κ1) is 19.0. The van der Waals surface area contributed by atoms with Crippen molar-refractivity contribution < 1.29 is 17.6 Å². The number of amides is 1. The number of rotatable bonds is 9. The summed E-state index contributed by atoms with van der Waals surface area (Å²) in [5.41, 5.74) is 0.446. The molecular weight excluding hydrogens is 342 g/mol. The average Bonchev–Trinajstić information content (AvgIpc) is 3.10. The molecule has 25 heavy (non-hydrogen) atoms. The van der Waals surface area contributed by atoms with Gasteiger partial charge in [0, 0.05) is 27.1 Å². The zero-order valence-corrected chi connectivity index (χ0v) is 15.2. The van der Waals surface area contributed by atoms with Crippen LogP contribution in [0.3, 0.4) is 0 Å². The van der Waals surface area contributed by atoms with E-state index >= 15 is 0 Å². The lowest BCUT2D eigenvalue weighted by Crippen LogP contribution is -2.46. The van der Waals surface area contributed by atoms with Crippen LogP contribution in [0.2, 0.25) is 0 Å². The van der Waals surface area contributed by atoms with Crippen molar-refractivity contribution in [1.29, 1.82) is 0 Å². The largest absolute Gasteiger partial charge is 0.469 e. The molecule has 0 saturated heterocycles. The van der Waals surface area contributed by atoms with Crippen molar-refractivity contribution in [2.75, 3.05) is 31.5 Å². The molecule has 0 atom stereocenters. The SMILES string of the molecule is CN(C)S(=O)(=O)N(CC(=O)NCCCc1ccco1)c1ccccc1. The summed E-state index contributed by atoms with van der Waals surface area (Å²) in [6.45, 7) is 0.176. The number of hydrogen-bond donors (Lipinski definition) is 1. The molecule has 2 rings (SSSR count). The molecule has 2 aromatic rings. The van der Waals surface area contributed by atoms with E-state index in [1.54, 1.807) is 36.6 Å². The van der Waals surface area contributed by atoms with Crippen LogP contribution < -0.4 is 9.62 Å². The van der Waals surface area contributed by atoms with Crippen LogP contribution in [0.4, 0.5) is 5.69 Å². The molecule has 0 unspecified atom stereocenters. The Balaban J connectivity index is 1.95. The van der Waals surface area contributed by atoms with Gasteiger partial charge in [0.1, 0.15) is 12.3 Å². The monoisotopic (exact) mass is 365 g/mol. The van der Waals surface area contributed by atoms with Crippen molar-refractivity contribution in [3.63, 3.8) is 0 Å². The topological polar surface area (TPSA) is 82.9 Å². The number of nitrogens with one attached hydrogen (secondary N) is 1. The van der Waals surface area contributed by atoms with Gasteiger partial charge in [-0.2, -0.15) is 12.7 Å². The summed E-state index contributed by atoms with van der Waals surface area (Å²) < 4.78 is 32.4. The van der Waals surface area contributed by atoms with E-state index in [9.17, 15) is 13.2 Å². The van der Waals surface area contributed by atoms with E-state index in [1.807, 2.05) is 12.1 Å². The third-order valence-corrected chi connectivity index (χ3v) is 5.39. The van der Waals surface area contributed by atoms with Gasteiger partial charge < -0.3 is 9.73 Å². The van der Waals surface area contributed by atoms with Gasteiger partial charge in [0.25, 0.3) is 0 Å². The lowest BCUT2D eigenvalue weighted by molar-refractivity contribution is -0.119. The minimum Gasteiger partial charge on any atom is -0.469 e. The van der Waals surface area contributed by atoms with Crippen LogP contribution in [-0.2, 0) is 21.4 Å². The smallest absolute Gasteiger partial charge is 0.304 e. The molecular formula is C17H23N3O4S. The molecule has 136 valence electrons.